The smallest absolute Gasteiger partial charge is 0.308 e. The van der Waals surface area contributed by atoms with Crippen LogP contribution in [0.2, 0.25) is 0 Å². The molecule has 6 rings (SSSR count). The fourth-order valence-electron chi connectivity index (χ4n) is 5.38. The molecule has 3 aromatic carbocycles. The van der Waals surface area contributed by atoms with Gasteiger partial charge in [0.05, 0.1) is 28.7 Å². The van der Waals surface area contributed by atoms with Gasteiger partial charge in [0.25, 0.3) is 5.69 Å². The molecule has 14 heteroatoms. The molecular weight excluding hydrogens is 596 g/mol. The summed E-state index contributed by atoms with van der Waals surface area (Å²) < 4.78 is 6.90. The Morgan fingerprint density at radius 2 is 1.72 bits per heavy atom. The molecule has 3 atom stereocenters. The van der Waals surface area contributed by atoms with E-state index in [1.54, 1.807) is 24.3 Å². The van der Waals surface area contributed by atoms with Gasteiger partial charge in [-0.3, -0.25) is 33.9 Å². The maximum Gasteiger partial charge on any atom is 0.308 e. The van der Waals surface area contributed by atoms with Crippen molar-refractivity contribution in [2.45, 2.75) is 22.7 Å². The van der Waals surface area contributed by atoms with Gasteiger partial charge >= 0.3 is 4.87 Å². The highest BCUT2D eigenvalue weighted by atomic mass is 32.2. The molecule has 4 aromatic rings. The summed E-state index contributed by atoms with van der Waals surface area (Å²) in [6, 6.07) is 18.1. The van der Waals surface area contributed by atoms with Gasteiger partial charge in [-0.05, 0) is 42.5 Å². The third-order valence-electron chi connectivity index (χ3n) is 7.29. The number of nitrogens with one attached hydrogen (secondary N) is 1. The zero-order valence-corrected chi connectivity index (χ0v) is 24.0. The number of fused-ring (bicyclic) bond motifs is 2. The average molecular weight is 619 g/mol. The molecule has 2 N–H and O–H groups in total. The highest BCUT2D eigenvalue weighted by Gasteiger charge is 2.57. The van der Waals surface area contributed by atoms with Crippen molar-refractivity contribution in [1.82, 2.24) is 4.57 Å². The van der Waals surface area contributed by atoms with Crippen LogP contribution in [0, 0.1) is 16.0 Å². The number of carbonyl (C=O) groups excluding carboxylic acids is 3. The highest BCUT2D eigenvalue weighted by Crippen LogP contribution is 2.55. The van der Waals surface area contributed by atoms with Gasteiger partial charge in [-0.1, -0.05) is 41.3 Å². The summed E-state index contributed by atoms with van der Waals surface area (Å²) in [4.78, 5) is 65.9. The molecule has 0 saturated carbocycles. The number of hydrogen-bond acceptors (Lipinski definition) is 10. The number of para-hydroxylation sites is 1. The lowest BCUT2D eigenvalue weighted by molar-refractivity contribution is -0.384. The Morgan fingerprint density at radius 3 is 2.40 bits per heavy atom. The number of thioether (sulfide) groups is 1. The maximum absolute atomic E-state index is 14.0. The van der Waals surface area contributed by atoms with E-state index in [9.17, 15) is 34.4 Å². The van der Waals surface area contributed by atoms with Crippen molar-refractivity contribution >= 4 is 57.9 Å². The fourth-order valence-corrected chi connectivity index (χ4v) is 8.14. The van der Waals surface area contributed by atoms with Gasteiger partial charge in [0.2, 0.25) is 17.7 Å². The number of phenolic OH excluding ortho intramolecular Hbond substituents is 1. The predicted octanol–water partition coefficient (Wildman–Crippen LogP) is 3.97. The summed E-state index contributed by atoms with van der Waals surface area (Å²) >= 11 is 1.96. The number of aromatic hydroxyl groups is 1. The third kappa shape index (κ3) is 4.93. The largest absolute Gasteiger partial charge is 0.508 e. The molecule has 0 aliphatic carbocycles. The number of phenols is 1. The molecule has 0 bridgehead atoms. The molecule has 43 heavy (non-hydrogen) atoms. The van der Waals surface area contributed by atoms with E-state index in [1.807, 2.05) is 0 Å². The van der Waals surface area contributed by atoms with Crippen molar-refractivity contribution in [3.63, 3.8) is 0 Å². The number of aromatic nitrogens is 1. The number of hydrogen-bond donors (Lipinski definition) is 2. The van der Waals surface area contributed by atoms with Crippen molar-refractivity contribution in [3.05, 3.63) is 103 Å². The van der Waals surface area contributed by atoms with Crippen LogP contribution in [-0.2, 0) is 20.9 Å². The monoisotopic (exact) mass is 618 g/mol. The Bertz CT molecular complexity index is 1830. The number of non-ortho nitro benzene ring substituents is 1. The predicted molar refractivity (Wildman–Crippen MR) is 159 cm³/mol. The van der Waals surface area contributed by atoms with Crippen molar-refractivity contribution in [1.29, 1.82) is 0 Å². The van der Waals surface area contributed by atoms with Crippen molar-refractivity contribution < 1.29 is 29.2 Å². The Morgan fingerprint density at radius 1 is 1.02 bits per heavy atom. The number of imide groups is 1. The number of anilines is 2. The molecule has 1 fully saturated rings. The molecule has 12 nitrogen and oxygen atoms in total. The zero-order chi connectivity index (χ0) is 30.4. The summed E-state index contributed by atoms with van der Waals surface area (Å²) in [5.41, 5.74) is 1.05. The van der Waals surface area contributed by atoms with Crippen LogP contribution in [0.25, 0.3) is 0 Å². The molecule has 3 amide bonds. The van der Waals surface area contributed by atoms with Crippen LogP contribution in [0.15, 0.2) is 82.6 Å². The Hall–Kier alpha value is -4.95. The lowest BCUT2D eigenvalue weighted by Crippen LogP contribution is -2.33. The van der Waals surface area contributed by atoms with Crippen molar-refractivity contribution in [2.75, 3.05) is 17.3 Å². The second-order valence-corrected chi connectivity index (χ2v) is 11.9. The van der Waals surface area contributed by atoms with E-state index in [2.05, 4.69) is 5.32 Å². The van der Waals surface area contributed by atoms with E-state index in [0.717, 1.165) is 28.0 Å². The number of rotatable bonds is 7. The number of nitro groups is 1. The summed E-state index contributed by atoms with van der Waals surface area (Å²) in [6.07, 6.45) is 0. The highest BCUT2D eigenvalue weighted by molar-refractivity contribution is 8.00. The Labute approximate surface area is 251 Å². The standard InChI is InChI=1S/C29H22N4O8S2/c1-41-20-5-3-2-4-19(20)22-23-24(27(37)32(26(23)36)16-8-10-17(11-9-16)33(39)40)42-28-25(22)43-29(38)31(28)14-21(35)30-15-6-12-18(34)13-7-15/h2-13,22-24,34H,14H2,1H3,(H,30,35). The zero-order valence-electron chi connectivity index (χ0n) is 22.3. The molecule has 3 heterocycles. The van der Waals surface area contributed by atoms with Gasteiger partial charge in [0, 0.05) is 34.2 Å². The van der Waals surface area contributed by atoms with E-state index in [1.165, 1.54) is 60.2 Å². The molecule has 3 unspecified atom stereocenters. The second kappa shape index (κ2) is 11.0. The van der Waals surface area contributed by atoms with Gasteiger partial charge in [0.1, 0.15) is 23.3 Å². The molecule has 2 aliphatic rings. The lowest BCUT2D eigenvalue weighted by Gasteiger charge is -2.31. The Balaban J connectivity index is 1.42. The van der Waals surface area contributed by atoms with Gasteiger partial charge in [0.15, 0.2) is 0 Å². The van der Waals surface area contributed by atoms with Gasteiger partial charge < -0.3 is 15.2 Å². The first kappa shape index (κ1) is 28.2. The van der Waals surface area contributed by atoms with Gasteiger partial charge in [-0.2, -0.15) is 0 Å². The number of nitro benzene ring substituents is 1. The number of amides is 3. The quantitative estimate of drug-likeness (QED) is 0.135. The molecule has 1 aromatic heterocycles. The summed E-state index contributed by atoms with van der Waals surface area (Å²) in [7, 11) is 1.49. The number of ether oxygens (including phenoxy) is 1. The maximum atomic E-state index is 14.0. The van der Waals surface area contributed by atoms with E-state index in [4.69, 9.17) is 4.74 Å². The number of benzene rings is 3. The summed E-state index contributed by atoms with van der Waals surface area (Å²) in [5.74, 6) is -2.67. The fraction of sp³-hybridized carbons (Fsp3) is 0.172. The van der Waals surface area contributed by atoms with E-state index >= 15 is 0 Å². The first-order chi connectivity index (χ1) is 20.7. The molecule has 2 aliphatic heterocycles. The van der Waals surface area contributed by atoms with Gasteiger partial charge in [-0.15, -0.1) is 0 Å². The van der Waals surface area contributed by atoms with E-state index in [0.29, 0.717) is 26.9 Å². The first-order valence-corrected chi connectivity index (χ1v) is 14.6. The molecule has 0 spiro atoms. The average Bonchev–Trinajstić information content (AvgIpc) is 3.44. The number of thiazole rings is 1. The number of methoxy groups -OCH3 is 1. The van der Waals surface area contributed by atoms with Crippen LogP contribution in [0.4, 0.5) is 17.1 Å². The molecule has 218 valence electrons. The van der Waals surface area contributed by atoms with Crippen LogP contribution in [0.5, 0.6) is 11.5 Å². The van der Waals surface area contributed by atoms with Crippen LogP contribution in [0.3, 0.4) is 0 Å². The van der Waals surface area contributed by atoms with Crippen molar-refractivity contribution in [3.8, 4) is 11.5 Å². The minimum absolute atomic E-state index is 0.0352. The molecule has 0 radical (unpaired) electrons. The number of nitrogens with zero attached hydrogens (tertiary/aromatic N) is 3. The SMILES string of the molecule is COc1ccccc1C1c2sc(=O)n(CC(=O)Nc3ccc(O)cc3)c2SC2C(=O)N(c3ccc([N+](=O)[O-])cc3)C(=O)C21. The van der Waals surface area contributed by atoms with E-state index in [-0.39, 0.29) is 23.7 Å². The first-order valence-electron chi connectivity index (χ1n) is 12.9. The normalized spacial score (nSPS) is 19.1. The van der Waals surface area contributed by atoms with Crippen LogP contribution < -0.4 is 19.8 Å². The van der Waals surface area contributed by atoms with Gasteiger partial charge in [-0.25, -0.2) is 4.90 Å². The topological polar surface area (TPSA) is 161 Å². The molecular formula is C29H22N4O8S2. The van der Waals surface area contributed by atoms with Crippen molar-refractivity contribution in [2.24, 2.45) is 5.92 Å². The second-order valence-electron chi connectivity index (χ2n) is 9.79. The molecule has 1 saturated heterocycles. The van der Waals surface area contributed by atoms with E-state index < -0.39 is 44.6 Å². The van der Waals surface area contributed by atoms with Crippen LogP contribution in [-0.4, -0.2) is 44.7 Å². The van der Waals surface area contributed by atoms with Crippen LogP contribution in [0.1, 0.15) is 16.4 Å². The van der Waals surface area contributed by atoms with Crippen LogP contribution >= 0.6 is 23.1 Å². The Kier molecular flexibility index (Phi) is 7.23. The minimum atomic E-state index is -0.939. The summed E-state index contributed by atoms with van der Waals surface area (Å²) in [5, 5.41) is 22.8. The minimum Gasteiger partial charge on any atom is -0.508 e. The lowest BCUT2D eigenvalue weighted by atomic mass is 9.82. The number of carbonyl (C=O) groups is 3. The third-order valence-corrected chi connectivity index (χ3v) is 9.90. The summed E-state index contributed by atoms with van der Waals surface area (Å²) in [6.45, 7) is -0.344.